The SMILES string of the molecule is COCCCN1C(=O)[C@@H]2C(CC(N)=O)NC3(C(=O)Nc4ccc(Br)cc43)[C@@H]2C1=O. The number of nitrogens with zero attached hydrogens (tertiary/aromatic N) is 1. The van der Waals surface area contributed by atoms with Gasteiger partial charge in [0.1, 0.15) is 5.54 Å². The van der Waals surface area contributed by atoms with Gasteiger partial charge in [0.15, 0.2) is 0 Å². The molecule has 2 saturated heterocycles. The van der Waals surface area contributed by atoms with Gasteiger partial charge in [-0.2, -0.15) is 0 Å². The van der Waals surface area contributed by atoms with Gasteiger partial charge in [0.05, 0.1) is 11.8 Å². The number of hydrogen-bond acceptors (Lipinski definition) is 6. The molecule has 3 aliphatic rings. The minimum Gasteiger partial charge on any atom is -0.385 e. The van der Waals surface area contributed by atoms with Gasteiger partial charge in [-0.25, -0.2) is 0 Å². The molecule has 0 radical (unpaired) electrons. The fourth-order valence-electron chi connectivity index (χ4n) is 4.81. The van der Waals surface area contributed by atoms with Crippen molar-refractivity contribution >= 4 is 45.2 Å². The summed E-state index contributed by atoms with van der Waals surface area (Å²) >= 11 is 3.41. The van der Waals surface area contributed by atoms with E-state index in [1.165, 1.54) is 4.90 Å². The lowest BCUT2D eigenvalue weighted by molar-refractivity contribution is -0.143. The van der Waals surface area contributed by atoms with E-state index < -0.39 is 41.1 Å². The predicted molar refractivity (Wildman–Crippen MR) is 105 cm³/mol. The lowest BCUT2D eigenvalue weighted by Gasteiger charge is -2.29. The first-order chi connectivity index (χ1) is 13.8. The van der Waals surface area contributed by atoms with Crippen molar-refractivity contribution in [2.45, 2.75) is 24.4 Å². The maximum absolute atomic E-state index is 13.3. The number of hydrogen-bond donors (Lipinski definition) is 3. The van der Waals surface area contributed by atoms with Crippen molar-refractivity contribution in [1.82, 2.24) is 10.2 Å². The van der Waals surface area contributed by atoms with Crippen LogP contribution in [0.5, 0.6) is 0 Å². The highest BCUT2D eigenvalue weighted by atomic mass is 79.9. The Balaban J connectivity index is 1.80. The average Bonchev–Trinajstić information content (AvgIpc) is 3.22. The number of carbonyl (C=O) groups excluding carboxylic acids is 4. The van der Waals surface area contributed by atoms with Crippen molar-refractivity contribution in [2.24, 2.45) is 17.6 Å². The Morgan fingerprint density at radius 2 is 2.07 bits per heavy atom. The molecule has 0 aliphatic carbocycles. The summed E-state index contributed by atoms with van der Waals surface area (Å²) in [6, 6.07) is 4.57. The third-order valence-electron chi connectivity index (χ3n) is 5.92. The van der Waals surface area contributed by atoms with Gasteiger partial charge in [0.25, 0.3) is 0 Å². The van der Waals surface area contributed by atoms with Crippen LogP contribution in [0.1, 0.15) is 18.4 Å². The van der Waals surface area contributed by atoms with Crippen molar-refractivity contribution in [3.63, 3.8) is 0 Å². The minimum atomic E-state index is -1.42. The number of amides is 4. The summed E-state index contributed by atoms with van der Waals surface area (Å²) in [4.78, 5) is 52.5. The van der Waals surface area contributed by atoms with Crippen LogP contribution in [0.3, 0.4) is 0 Å². The molecule has 3 aliphatic heterocycles. The summed E-state index contributed by atoms with van der Waals surface area (Å²) in [6.45, 7) is 0.599. The van der Waals surface area contributed by atoms with Crippen molar-refractivity contribution < 1.29 is 23.9 Å². The third-order valence-corrected chi connectivity index (χ3v) is 6.41. The first-order valence-electron chi connectivity index (χ1n) is 9.33. The molecule has 0 aromatic heterocycles. The van der Waals surface area contributed by atoms with Gasteiger partial charge in [0, 0.05) is 48.4 Å². The summed E-state index contributed by atoms with van der Waals surface area (Å²) in [6.07, 6.45) is 0.340. The van der Waals surface area contributed by atoms with E-state index in [1.54, 1.807) is 25.3 Å². The van der Waals surface area contributed by atoms with Crippen LogP contribution in [0.2, 0.25) is 0 Å². The van der Waals surface area contributed by atoms with E-state index in [0.29, 0.717) is 24.3 Å². The van der Waals surface area contributed by atoms with Crippen molar-refractivity contribution in [2.75, 3.05) is 25.6 Å². The van der Waals surface area contributed by atoms with Gasteiger partial charge < -0.3 is 15.8 Å². The van der Waals surface area contributed by atoms with E-state index in [4.69, 9.17) is 10.5 Å². The molecule has 0 bridgehead atoms. The van der Waals surface area contributed by atoms with Crippen LogP contribution in [0.4, 0.5) is 5.69 Å². The molecule has 1 spiro atoms. The normalized spacial score (nSPS) is 30.1. The number of likely N-dealkylation sites (tertiary alicyclic amines) is 1. The van der Waals surface area contributed by atoms with Crippen LogP contribution in [-0.4, -0.2) is 54.8 Å². The number of carbonyl (C=O) groups is 4. The molecular weight excluding hydrogens is 444 g/mol. The molecule has 4 atom stereocenters. The van der Waals surface area contributed by atoms with Gasteiger partial charge in [-0.1, -0.05) is 15.9 Å². The molecule has 9 nitrogen and oxygen atoms in total. The second-order valence-electron chi connectivity index (χ2n) is 7.55. The number of fused-ring (bicyclic) bond motifs is 4. The number of nitrogens with two attached hydrogens (primary N) is 1. The largest absolute Gasteiger partial charge is 0.385 e. The summed E-state index contributed by atoms with van der Waals surface area (Å²) in [5.74, 6) is -3.61. The second kappa shape index (κ2) is 7.19. The van der Waals surface area contributed by atoms with Crippen LogP contribution >= 0.6 is 15.9 Å². The predicted octanol–water partition coefficient (Wildman–Crippen LogP) is 0.0814. The standard InChI is InChI=1S/C19H21BrN4O5/c1-29-6-2-5-24-16(26)14-12(8-13(21)25)23-19(15(14)17(24)27)10-7-9(20)3-4-11(10)22-18(19)28/h3-4,7,12,14-15,23H,2,5-6,8H2,1H3,(H2,21,25)(H,22,28)/t12?,14-,15+,19?/m1/s1. The second-order valence-corrected chi connectivity index (χ2v) is 8.47. The summed E-state index contributed by atoms with van der Waals surface area (Å²) in [5.41, 5.74) is 5.12. The Bertz CT molecular complexity index is 922. The summed E-state index contributed by atoms with van der Waals surface area (Å²) < 4.78 is 5.75. The van der Waals surface area contributed by atoms with Gasteiger partial charge >= 0.3 is 0 Å². The molecule has 154 valence electrons. The minimum absolute atomic E-state index is 0.148. The first-order valence-corrected chi connectivity index (χ1v) is 10.1. The maximum Gasteiger partial charge on any atom is 0.250 e. The highest BCUT2D eigenvalue weighted by Crippen LogP contribution is 2.53. The van der Waals surface area contributed by atoms with E-state index in [1.807, 2.05) is 0 Å². The Kier molecular flexibility index (Phi) is 4.96. The van der Waals surface area contributed by atoms with Gasteiger partial charge in [-0.15, -0.1) is 0 Å². The lowest BCUT2D eigenvalue weighted by atomic mass is 9.76. The zero-order valence-corrected chi connectivity index (χ0v) is 17.3. The number of halogens is 1. The van der Waals surface area contributed by atoms with E-state index in [2.05, 4.69) is 26.6 Å². The molecule has 4 rings (SSSR count). The Morgan fingerprint density at radius 1 is 1.31 bits per heavy atom. The third kappa shape index (κ3) is 2.89. The van der Waals surface area contributed by atoms with E-state index in [-0.39, 0.29) is 18.9 Å². The average molecular weight is 465 g/mol. The Hall–Kier alpha value is -2.30. The van der Waals surface area contributed by atoms with Crippen molar-refractivity contribution in [3.8, 4) is 0 Å². The number of primary amides is 1. The molecular formula is C19H21BrN4O5. The number of anilines is 1. The van der Waals surface area contributed by atoms with Crippen molar-refractivity contribution in [3.05, 3.63) is 28.2 Å². The molecule has 1 aromatic rings. The number of benzene rings is 1. The van der Waals surface area contributed by atoms with Gasteiger partial charge in [-0.3, -0.25) is 29.4 Å². The van der Waals surface area contributed by atoms with E-state index in [0.717, 1.165) is 4.47 Å². The number of nitrogens with one attached hydrogen (secondary N) is 2. The number of methoxy groups -OCH3 is 1. The highest BCUT2D eigenvalue weighted by molar-refractivity contribution is 9.10. The van der Waals surface area contributed by atoms with Crippen LogP contribution in [-0.2, 0) is 29.5 Å². The van der Waals surface area contributed by atoms with Crippen LogP contribution in [0.15, 0.2) is 22.7 Å². The smallest absolute Gasteiger partial charge is 0.250 e. The molecule has 1 aromatic carbocycles. The van der Waals surface area contributed by atoms with Gasteiger partial charge in [-0.05, 0) is 24.6 Å². The summed E-state index contributed by atoms with van der Waals surface area (Å²) in [5, 5.41) is 5.96. The van der Waals surface area contributed by atoms with Crippen LogP contribution in [0, 0.1) is 11.8 Å². The molecule has 4 N–H and O–H groups in total. The van der Waals surface area contributed by atoms with Gasteiger partial charge in [0.2, 0.25) is 23.6 Å². The molecule has 10 heteroatoms. The fourth-order valence-corrected chi connectivity index (χ4v) is 5.17. The fraction of sp³-hybridized carbons (Fsp3) is 0.474. The quantitative estimate of drug-likeness (QED) is 0.403. The number of rotatable bonds is 6. The zero-order chi connectivity index (χ0) is 20.9. The van der Waals surface area contributed by atoms with E-state index in [9.17, 15) is 19.2 Å². The first kappa shape index (κ1) is 20.0. The molecule has 4 amide bonds. The highest BCUT2D eigenvalue weighted by Gasteiger charge is 2.70. The van der Waals surface area contributed by atoms with Crippen LogP contribution < -0.4 is 16.4 Å². The molecule has 2 fully saturated rings. The molecule has 29 heavy (non-hydrogen) atoms. The number of imide groups is 1. The van der Waals surface area contributed by atoms with Crippen molar-refractivity contribution in [1.29, 1.82) is 0 Å². The lowest BCUT2D eigenvalue weighted by Crippen LogP contribution is -2.53. The monoisotopic (exact) mass is 464 g/mol. The van der Waals surface area contributed by atoms with Crippen LogP contribution in [0.25, 0.3) is 0 Å². The maximum atomic E-state index is 13.3. The molecule has 2 unspecified atom stereocenters. The summed E-state index contributed by atoms with van der Waals surface area (Å²) in [7, 11) is 1.54. The Labute approximate surface area is 175 Å². The topological polar surface area (TPSA) is 131 Å². The van der Waals surface area contributed by atoms with E-state index >= 15 is 0 Å². The Morgan fingerprint density at radius 3 is 2.76 bits per heavy atom. The molecule has 3 heterocycles. The zero-order valence-electron chi connectivity index (χ0n) is 15.7. The molecule has 0 saturated carbocycles. The number of ether oxygens (including phenoxy) is 1.